The average molecular weight is 191 g/mol. The van der Waals surface area contributed by atoms with Crippen LogP contribution in [0.5, 0.6) is 0 Å². The van der Waals surface area contributed by atoms with Gasteiger partial charge in [0.1, 0.15) is 0 Å². The van der Waals surface area contributed by atoms with Gasteiger partial charge in [-0.2, -0.15) is 0 Å². The fourth-order valence-corrected chi connectivity index (χ4v) is 1.84. The summed E-state index contributed by atoms with van der Waals surface area (Å²) in [6.45, 7) is 10.9. The fraction of sp³-hybridized carbons (Fsp3) is 0.538. The van der Waals surface area contributed by atoms with Crippen LogP contribution < -0.4 is 5.32 Å². The van der Waals surface area contributed by atoms with Gasteiger partial charge < -0.3 is 5.32 Å². The van der Waals surface area contributed by atoms with Crippen molar-refractivity contribution in [3.8, 4) is 0 Å². The first kappa shape index (κ1) is 11.3. The third-order valence-electron chi connectivity index (χ3n) is 2.39. The maximum absolute atomic E-state index is 3.56. The summed E-state index contributed by atoms with van der Waals surface area (Å²) < 4.78 is 0. The van der Waals surface area contributed by atoms with Crippen LogP contribution in [0.25, 0.3) is 0 Å². The van der Waals surface area contributed by atoms with E-state index in [1.807, 2.05) is 0 Å². The van der Waals surface area contributed by atoms with Gasteiger partial charge in [0, 0.05) is 11.6 Å². The van der Waals surface area contributed by atoms with Crippen molar-refractivity contribution in [2.75, 3.05) is 0 Å². The summed E-state index contributed by atoms with van der Waals surface area (Å²) in [6.07, 6.45) is 0. The summed E-state index contributed by atoms with van der Waals surface area (Å²) in [5.74, 6) is 0. The van der Waals surface area contributed by atoms with Crippen molar-refractivity contribution < 1.29 is 0 Å². The van der Waals surface area contributed by atoms with Crippen molar-refractivity contribution in [1.82, 2.24) is 5.32 Å². The topological polar surface area (TPSA) is 12.0 Å². The van der Waals surface area contributed by atoms with E-state index in [1.54, 1.807) is 0 Å². The molecule has 0 radical (unpaired) electrons. The van der Waals surface area contributed by atoms with Crippen molar-refractivity contribution in [2.45, 2.75) is 46.2 Å². The Balaban J connectivity index is 2.91. The van der Waals surface area contributed by atoms with Gasteiger partial charge in [0.25, 0.3) is 0 Å². The van der Waals surface area contributed by atoms with E-state index in [4.69, 9.17) is 0 Å². The number of nitrogens with one attached hydrogen (secondary N) is 1. The highest BCUT2D eigenvalue weighted by atomic mass is 15.0. The van der Waals surface area contributed by atoms with E-state index in [0.717, 1.165) is 0 Å². The molecule has 0 fully saturated rings. The Kier molecular flexibility index (Phi) is 3.33. The molecule has 78 valence electrons. The van der Waals surface area contributed by atoms with Gasteiger partial charge in [0.15, 0.2) is 0 Å². The highest BCUT2D eigenvalue weighted by molar-refractivity contribution is 5.27. The van der Waals surface area contributed by atoms with Gasteiger partial charge in [-0.3, -0.25) is 0 Å². The van der Waals surface area contributed by atoms with E-state index < -0.39 is 0 Å². The fourth-order valence-electron chi connectivity index (χ4n) is 1.84. The minimum absolute atomic E-state index is 0.0557. The molecule has 0 atom stereocenters. The monoisotopic (exact) mass is 191 g/mol. The molecule has 0 aliphatic heterocycles. The second kappa shape index (κ2) is 4.14. The third kappa shape index (κ3) is 2.85. The van der Waals surface area contributed by atoms with Crippen LogP contribution >= 0.6 is 0 Å². The van der Waals surface area contributed by atoms with Crippen LogP contribution in [0.4, 0.5) is 0 Å². The van der Waals surface area contributed by atoms with Crippen LogP contribution in [-0.2, 0) is 5.54 Å². The van der Waals surface area contributed by atoms with Gasteiger partial charge in [-0.25, -0.2) is 0 Å². The van der Waals surface area contributed by atoms with Crippen molar-refractivity contribution in [3.05, 3.63) is 35.4 Å². The summed E-state index contributed by atoms with van der Waals surface area (Å²) in [7, 11) is 0. The first-order valence-electron chi connectivity index (χ1n) is 5.26. The van der Waals surface area contributed by atoms with Crippen LogP contribution in [0, 0.1) is 6.92 Å². The molecule has 0 bridgehead atoms. The Morgan fingerprint density at radius 1 is 1.21 bits per heavy atom. The lowest BCUT2D eigenvalue weighted by Crippen LogP contribution is -2.41. The molecular weight excluding hydrogens is 170 g/mol. The molecule has 14 heavy (non-hydrogen) atoms. The first-order chi connectivity index (χ1) is 6.42. The Morgan fingerprint density at radius 3 is 2.36 bits per heavy atom. The van der Waals surface area contributed by atoms with Crippen molar-refractivity contribution in [3.63, 3.8) is 0 Å². The molecule has 1 rings (SSSR count). The molecule has 0 saturated heterocycles. The molecule has 0 heterocycles. The number of hydrogen-bond donors (Lipinski definition) is 1. The molecule has 0 spiro atoms. The molecule has 0 saturated carbocycles. The quantitative estimate of drug-likeness (QED) is 0.773. The van der Waals surface area contributed by atoms with Crippen molar-refractivity contribution >= 4 is 0 Å². The lowest BCUT2D eigenvalue weighted by molar-refractivity contribution is 0.365. The zero-order valence-electron chi connectivity index (χ0n) is 9.89. The average Bonchev–Trinajstić information content (AvgIpc) is 2.01. The number of aryl methyl sites for hydroxylation is 1. The van der Waals surface area contributed by atoms with E-state index in [1.165, 1.54) is 11.1 Å². The molecular formula is C13H21N. The van der Waals surface area contributed by atoms with Gasteiger partial charge in [-0.1, -0.05) is 43.7 Å². The molecule has 1 aromatic carbocycles. The van der Waals surface area contributed by atoms with E-state index in [0.29, 0.717) is 6.04 Å². The van der Waals surface area contributed by atoms with Crippen LogP contribution in [-0.4, -0.2) is 6.04 Å². The van der Waals surface area contributed by atoms with Gasteiger partial charge in [-0.15, -0.1) is 0 Å². The largest absolute Gasteiger partial charge is 0.306 e. The summed E-state index contributed by atoms with van der Waals surface area (Å²) in [5, 5.41) is 3.56. The molecule has 1 nitrogen and oxygen atoms in total. The van der Waals surface area contributed by atoms with E-state index in [2.05, 4.69) is 64.2 Å². The standard InChI is InChI=1S/C13H21N/c1-10(2)14-13(4,5)12-8-6-7-11(3)9-12/h6-10,14H,1-5H3. The van der Waals surface area contributed by atoms with Gasteiger partial charge >= 0.3 is 0 Å². The molecule has 0 aliphatic rings. The zero-order valence-corrected chi connectivity index (χ0v) is 9.89. The summed E-state index contributed by atoms with van der Waals surface area (Å²) in [6, 6.07) is 9.19. The van der Waals surface area contributed by atoms with Gasteiger partial charge in [0.2, 0.25) is 0 Å². The van der Waals surface area contributed by atoms with Crippen LogP contribution in [0.1, 0.15) is 38.8 Å². The van der Waals surface area contributed by atoms with Crippen molar-refractivity contribution in [2.24, 2.45) is 0 Å². The Bertz CT molecular complexity index is 300. The van der Waals surface area contributed by atoms with Crippen LogP contribution in [0.2, 0.25) is 0 Å². The van der Waals surface area contributed by atoms with Gasteiger partial charge in [-0.05, 0) is 26.3 Å². The minimum Gasteiger partial charge on any atom is -0.306 e. The summed E-state index contributed by atoms with van der Waals surface area (Å²) in [5.41, 5.74) is 2.73. The predicted octanol–water partition coefficient (Wildman–Crippen LogP) is 3.23. The Morgan fingerprint density at radius 2 is 1.86 bits per heavy atom. The molecule has 1 heteroatoms. The highest BCUT2D eigenvalue weighted by Gasteiger charge is 2.20. The van der Waals surface area contributed by atoms with E-state index in [9.17, 15) is 0 Å². The lowest BCUT2D eigenvalue weighted by Gasteiger charge is -2.29. The zero-order chi connectivity index (χ0) is 10.8. The summed E-state index contributed by atoms with van der Waals surface area (Å²) >= 11 is 0. The highest BCUT2D eigenvalue weighted by Crippen LogP contribution is 2.21. The number of benzene rings is 1. The third-order valence-corrected chi connectivity index (χ3v) is 2.39. The van der Waals surface area contributed by atoms with Crippen LogP contribution in [0.15, 0.2) is 24.3 Å². The summed E-state index contributed by atoms with van der Waals surface area (Å²) in [4.78, 5) is 0. The van der Waals surface area contributed by atoms with Crippen molar-refractivity contribution in [1.29, 1.82) is 0 Å². The smallest absolute Gasteiger partial charge is 0.0379 e. The maximum atomic E-state index is 3.56. The molecule has 1 aromatic rings. The van der Waals surface area contributed by atoms with Crippen LogP contribution in [0.3, 0.4) is 0 Å². The molecule has 1 N–H and O–H groups in total. The Labute approximate surface area is 87.5 Å². The molecule has 0 aromatic heterocycles. The lowest BCUT2D eigenvalue weighted by atomic mass is 9.92. The maximum Gasteiger partial charge on any atom is 0.0379 e. The second-order valence-electron chi connectivity index (χ2n) is 4.79. The Hall–Kier alpha value is -0.820. The molecule has 0 unspecified atom stereocenters. The minimum atomic E-state index is 0.0557. The van der Waals surface area contributed by atoms with Gasteiger partial charge in [0.05, 0.1) is 0 Å². The second-order valence-corrected chi connectivity index (χ2v) is 4.79. The first-order valence-corrected chi connectivity index (χ1v) is 5.26. The molecule has 0 amide bonds. The normalized spacial score (nSPS) is 12.1. The number of rotatable bonds is 3. The van der Waals surface area contributed by atoms with E-state index >= 15 is 0 Å². The predicted molar refractivity (Wildman–Crippen MR) is 62.5 cm³/mol. The number of hydrogen-bond acceptors (Lipinski definition) is 1. The SMILES string of the molecule is Cc1cccc(C(C)(C)NC(C)C)c1. The molecule has 0 aliphatic carbocycles. The van der Waals surface area contributed by atoms with E-state index in [-0.39, 0.29) is 5.54 Å².